The lowest BCUT2D eigenvalue weighted by molar-refractivity contribution is 0.0897. The smallest absolute Gasteiger partial charge is 0.0791 e. The van der Waals surface area contributed by atoms with Gasteiger partial charge in [0.2, 0.25) is 0 Å². The van der Waals surface area contributed by atoms with Gasteiger partial charge in [-0.2, -0.15) is 5.26 Å². The van der Waals surface area contributed by atoms with Crippen molar-refractivity contribution in [3.05, 3.63) is 0 Å². The van der Waals surface area contributed by atoms with Gasteiger partial charge in [0.25, 0.3) is 0 Å². The molecule has 0 aliphatic carbocycles. The van der Waals surface area contributed by atoms with Crippen LogP contribution in [-0.4, -0.2) is 62.6 Å². The van der Waals surface area contributed by atoms with E-state index in [9.17, 15) is 5.11 Å². The summed E-state index contributed by atoms with van der Waals surface area (Å²) in [5.74, 6) is 0. The second-order valence-electron chi connectivity index (χ2n) is 4.06. The number of nitriles is 1. The zero-order chi connectivity index (χ0) is 12.9. The SMILES string of the molecule is CCCNCC(O)CN(CCC#N)CCOC. The molecule has 0 saturated heterocycles. The summed E-state index contributed by atoms with van der Waals surface area (Å²) in [5, 5.41) is 21.6. The fraction of sp³-hybridized carbons (Fsp3) is 0.917. The van der Waals surface area contributed by atoms with Crippen LogP contribution in [0.5, 0.6) is 0 Å². The highest BCUT2D eigenvalue weighted by Gasteiger charge is 2.10. The van der Waals surface area contributed by atoms with Crippen LogP contribution in [0.15, 0.2) is 0 Å². The summed E-state index contributed by atoms with van der Waals surface area (Å²) < 4.78 is 5.01. The summed E-state index contributed by atoms with van der Waals surface area (Å²) in [6.07, 6.45) is 1.16. The third-order valence-corrected chi connectivity index (χ3v) is 2.43. The number of aliphatic hydroxyl groups excluding tert-OH is 1. The molecule has 0 amide bonds. The summed E-state index contributed by atoms with van der Waals surface area (Å²) >= 11 is 0. The van der Waals surface area contributed by atoms with Crippen molar-refractivity contribution in [3.8, 4) is 6.07 Å². The molecule has 1 atom stereocenters. The number of nitrogens with one attached hydrogen (secondary N) is 1. The van der Waals surface area contributed by atoms with Crippen LogP contribution in [0.25, 0.3) is 0 Å². The Morgan fingerprint density at radius 3 is 2.82 bits per heavy atom. The molecule has 0 spiro atoms. The van der Waals surface area contributed by atoms with E-state index in [4.69, 9.17) is 10.00 Å². The maximum absolute atomic E-state index is 9.82. The Kier molecular flexibility index (Phi) is 11.3. The van der Waals surface area contributed by atoms with Crippen LogP contribution in [0.3, 0.4) is 0 Å². The first-order valence-electron chi connectivity index (χ1n) is 6.21. The predicted molar refractivity (Wildman–Crippen MR) is 67.7 cm³/mol. The highest BCUT2D eigenvalue weighted by Crippen LogP contribution is 1.95. The molecule has 5 heteroatoms. The van der Waals surface area contributed by atoms with E-state index < -0.39 is 6.10 Å². The van der Waals surface area contributed by atoms with Crippen molar-refractivity contribution in [2.45, 2.75) is 25.9 Å². The Balaban J connectivity index is 3.81. The summed E-state index contributed by atoms with van der Waals surface area (Å²) in [6, 6.07) is 2.12. The molecule has 0 aliphatic rings. The largest absolute Gasteiger partial charge is 0.390 e. The molecule has 0 radical (unpaired) electrons. The van der Waals surface area contributed by atoms with Crippen molar-refractivity contribution in [3.63, 3.8) is 0 Å². The summed E-state index contributed by atoms with van der Waals surface area (Å²) in [5.41, 5.74) is 0. The fourth-order valence-electron chi connectivity index (χ4n) is 1.53. The molecule has 1 unspecified atom stereocenters. The Hall–Kier alpha value is -0.670. The molecule has 0 saturated carbocycles. The van der Waals surface area contributed by atoms with Crippen molar-refractivity contribution in [1.29, 1.82) is 5.26 Å². The minimum atomic E-state index is -0.392. The molecule has 0 bridgehead atoms. The first kappa shape index (κ1) is 16.3. The maximum Gasteiger partial charge on any atom is 0.0791 e. The van der Waals surface area contributed by atoms with Crippen LogP contribution in [0.2, 0.25) is 0 Å². The molecular weight excluding hydrogens is 218 g/mol. The van der Waals surface area contributed by atoms with Gasteiger partial charge in [-0.05, 0) is 13.0 Å². The second-order valence-corrected chi connectivity index (χ2v) is 4.06. The first-order chi connectivity index (χ1) is 8.24. The number of hydrogen-bond acceptors (Lipinski definition) is 5. The van der Waals surface area contributed by atoms with Crippen LogP contribution >= 0.6 is 0 Å². The number of aliphatic hydroxyl groups is 1. The number of rotatable bonds is 11. The lowest BCUT2D eigenvalue weighted by Gasteiger charge is -2.24. The van der Waals surface area contributed by atoms with Gasteiger partial charge in [-0.3, -0.25) is 4.90 Å². The number of nitrogens with zero attached hydrogens (tertiary/aromatic N) is 2. The molecule has 0 aromatic rings. The van der Waals surface area contributed by atoms with E-state index in [0.717, 1.165) is 19.5 Å². The average molecular weight is 243 g/mol. The Morgan fingerprint density at radius 1 is 1.47 bits per heavy atom. The van der Waals surface area contributed by atoms with Crippen LogP contribution in [0.1, 0.15) is 19.8 Å². The van der Waals surface area contributed by atoms with Gasteiger partial charge in [-0.25, -0.2) is 0 Å². The molecule has 0 aromatic heterocycles. The van der Waals surface area contributed by atoms with Crippen molar-refractivity contribution in [2.24, 2.45) is 0 Å². The summed E-state index contributed by atoms with van der Waals surface area (Å²) in [6.45, 7) is 6.27. The molecule has 0 heterocycles. The van der Waals surface area contributed by atoms with Crippen LogP contribution in [0.4, 0.5) is 0 Å². The van der Waals surface area contributed by atoms with E-state index >= 15 is 0 Å². The zero-order valence-electron chi connectivity index (χ0n) is 11.0. The number of hydrogen-bond donors (Lipinski definition) is 2. The normalized spacial score (nSPS) is 12.6. The quantitative estimate of drug-likeness (QED) is 0.508. The van der Waals surface area contributed by atoms with Gasteiger partial charge >= 0.3 is 0 Å². The first-order valence-corrected chi connectivity index (χ1v) is 6.21. The lowest BCUT2D eigenvalue weighted by Crippen LogP contribution is -2.40. The Bertz CT molecular complexity index is 206. The van der Waals surface area contributed by atoms with Crippen LogP contribution < -0.4 is 5.32 Å². The Morgan fingerprint density at radius 2 is 2.24 bits per heavy atom. The number of ether oxygens (including phenoxy) is 1. The topological polar surface area (TPSA) is 68.5 Å². The van der Waals surface area contributed by atoms with E-state index in [2.05, 4.69) is 23.2 Å². The van der Waals surface area contributed by atoms with Crippen molar-refractivity contribution >= 4 is 0 Å². The van der Waals surface area contributed by atoms with Crippen LogP contribution in [0, 0.1) is 11.3 Å². The highest BCUT2D eigenvalue weighted by molar-refractivity contribution is 4.74. The van der Waals surface area contributed by atoms with E-state index in [0.29, 0.717) is 32.7 Å². The van der Waals surface area contributed by atoms with Gasteiger partial charge in [0.05, 0.1) is 18.8 Å². The maximum atomic E-state index is 9.82. The van der Waals surface area contributed by atoms with E-state index in [1.54, 1.807) is 7.11 Å². The van der Waals surface area contributed by atoms with Crippen molar-refractivity contribution in [1.82, 2.24) is 10.2 Å². The molecule has 17 heavy (non-hydrogen) atoms. The van der Waals surface area contributed by atoms with Gasteiger partial charge in [0.15, 0.2) is 0 Å². The molecule has 2 N–H and O–H groups in total. The van der Waals surface area contributed by atoms with Crippen molar-refractivity contribution < 1.29 is 9.84 Å². The minimum absolute atomic E-state index is 0.392. The third kappa shape index (κ3) is 10.2. The minimum Gasteiger partial charge on any atom is -0.390 e. The van der Waals surface area contributed by atoms with Gasteiger partial charge in [-0.15, -0.1) is 0 Å². The molecule has 0 fully saturated rings. The van der Waals surface area contributed by atoms with Gasteiger partial charge in [-0.1, -0.05) is 6.92 Å². The lowest BCUT2D eigenvalue weighted by atomic mass is 10.3. The van der Waals surface area contributed by atoms with E-state index in [1.165, 1.54) is 0 Å². The molecule has 100 valence electrons. The molecular formula is C12H25N3O2. The third-order valence-electron chi connectivity index (χ3n) is 2.43. The summed E-state index contributed by atoms with van der Waals surface area (Å²) in [4.78, 5) is 2.06. The monoisotopic (exact) mass is 243 g/mol. The fourth-order valence-corrected chi connectivity index (χ4v) is 1.53. The summed E-state index contributed by atoms with van der Waals surface area (Å²) in [7, 11) is 1.65. The van der Waals surface area contributed by atoms with E-state index in [1.807, 2.05) is 0 Å². The predicted octanol–water partition coefficient (Wildman–Crippen LogP) is 0.209. The zero-order valence-corrected chi connectivity index (χ0v) is 11.0. The van der Waals surface area contributed by atoms with E-state index in [-0.39, 0.29) is 0 Å². The molecule has 0 aliphatic heterocycles. The van der Waals surface area contributed by atoms with Crippen LogP contribution in [-0.2, 0) is 4.74 Å². The van der Waals surface area contributed by atoms with Gasteiger partial charge < -0.3 is 15.2 Å². The van der Waals surface area contributed by atoms with Gasteiger partial charge in [0, 0.05) is 39.7 Å². The average Bonchev–Trinajstić information content (AvgIpc) is 2.33. The Labute approximate surface area is 104 Å². The second kappa shape index (κ2) is 11.8. The molecule has 0 aromatic carbocycles. The highest BCUT2D eigenvalue weighted by atomic mass is 16.5. The molecule has 5 nitrogen and oxygen atoms in total. The van der Waals surface area contributed by atoms with Gasteiger partial charge in [0.1, 0.15) is 0 Å². The molecule has 0 rings (SSSR count). The number of methoxy groups -OCH3 is 1. The van der Waals surface area contributed by atoms with Crippen molar-refractivity contribution in [2.75, 3.05) is 46.4 Å². The standard InChI is InChI=1S/C12H25N3O2/c1-3-6-14-10-12(16)11-15(7-4-5-13)8-9-17-2/h12,14,16H,3-4,6-11H2,1-2H3.